The van der Waals surface area contributed by atoms with E-state index in [1.165, 1.54) is 6.42 Å². The lowest BCUT2D eigenvalue weighted by atomic mass is 10.2. The minimum absolute atomic E-state index is 0.193. The molecule has 3 rings (SSSR count). The Morgan fingerprint density at radius 3 is 3.16 bits per heavy atom. The number of hydrogen-bond acceptors (Lipinski definition) is 4. The number of nitrogens with one attached hydrogen (secondary N) is 1. The summed E-state index contributed by atoms with van der Waals surface area (Å²) in [6.45, 7) is 3.94. The van der Waals surface area contributed by atoms with Crippen molar-refractivity contribution >= 4 is 15.9 Å². The van der Waals surface area contributed by atoms with Gasteiger partial charge in [0.15, 0.2) is 0 Å². The largest absolute Gasteiger partial charge is 0.314 e. The Morgan fingerprint density at radius 1 is 1.42 bits per heavy atom. The molecule has 1 atom stereocenters. The van der Waals surface area contributed by atoms with Gasteiger partial charge in [-0.3, -0.25) is 4.98 Å². The summed E-state index contributed by atoms with van der Waals surface area (Å²) >= 11 is 3.43. The van der Waals surface area contributed by atoms with Crippen LogP contribution in [-0.4, -0.2) is 19.7 Å². The van der Waals surface area contributed by atoms with E-state index in [0.717, 1.165) is 41.2 Å². The number of rotatable bonds is 4. The highest BCUT2D eigenvalue weighted by molar-refractivity contribution is 9.10. The van der Waals surface area contributed by atoms with Crippen molar-refractivity contribution in [1.29, 1.82) is 0 Å². The predicted molar refractivity (Wildman–Crippen MR) is 75.5 cm³/mol. The van der Waals surface area contributed by atoms with Crippen molar-refractivity contribution in [2.75, 3.05) is 0 Å². The molecule has 6 heteroatoms. The van der Waals surface area contributed by atoms with E-state index in [4.69, 9.17) is 0 Å². The predicted octanol–water partition coefficient (Wildman–Crippen LogP) is 2.23. The van der Waals surface area contributed by atoms with E-state index in [1.807, 2.05) is 6.20 Å². The molecule has 1 aliphatic rings. The second kappa shape index (κ2) is 5.38. The second-order valence-corrected chi connectivity index (χ2v) is 5.76. The minimum Gasteiger partial charge on any atom is -0.314 e. The summed E-state index contributed by atoms with van der Waals surface area (Å²) in [6, 6.07) is 2.26. The first kappa shape index (κ1) is 12.7. The SMILES string of the molecule is CC(NCc1cncc(Br)c1)c1nnc2n1CCC2. The number of nitrogens with zero attached hydrogens (tertiary/aromatic N) is 4. The van der Waals surface area contributed by atoms with Crippen LogP contribution in [0.2, 0.25) is 0 Å². The molecule has 100 valence electrons. The van der Waals surface area contributed by atoms with Crippen molar-refractivity contribution < 1.29 is 0 Å². The number of hydrogen-bond donors (Lipinski definition) is 1. The van der Waals surface area contributed by atoms with E-state index in [9.17, 15) is 0 Å². The number of aryl methyl sites for hydroxylation is 1. The summed E-state index contributed by atoms with van der Waals surface area (Å²) in [7, 11) is 0. The van der Waals surface area contributed by atoms with Crippen molar-refractivity contribution in [3.8, 4) is 0 Å². The molecule has 0 aromatic carbocycles. The molecule has 1 aliphatic heterocycles. The maximum absolute atomic E-state index is 4.29. The van der Waals surface area contributed by atoms with Crippen LogP contribution in [0.1, 0.15) is 36.6 Å². The highest BCUT2D eigenvalue weighted by Crippen LogP contribution is 2.19. The van der Waals surface area contributed by atoms with E-state index < -0.39 is 0 Å². The lowest BCUT2D eigenvalue weighted by Gasteiger charge is -2.13. The molecule has 1 N–H and O–H groups in total. The molecule has 0 bridgehead atoms. The first-order valence-electron chi connectivity index (χ1n) is 6.49. The van der Waals surface area contributed by atoms with Gasteiger partial charge >= 0.3 is 0 Å². The van der Waals surface area contributed by atoms with E-state index in [1.54, 1.807) is 6.20 Å². The van der Waals surface area contributed by atoms with Crippen molar-refractivity contribution in [2.45, 2.75) is 38.9 Å². The van der Waals surface area contributed by atoms with Crippen LogP contribution in [0.4, 0.5) is 0 Å². The fourth-order valence-electron chi connectivity index (χ4n) is 2.41. The van der Waals surface area contributed by atoms with Crippen LogP contribution in [0.3, 0.4) is 0 Å². The molecule has 0 radical (unpaired) electrons. The first-order chi connectivity index (χ1) is 9.24. The monoisotopic (exact) mass is 321 g/mol. The lowest BCUT2D eigenvalue weighted by molar-refractivity contribution is 0.515. The fraction of sp³-hybridized carbons (Fsp3) is 0.462. The van der Waals surface area contributed by atoms with E-state index in [0.29, 0.717) is 0 Å². The minimum atomic E-state index is 0.193. The van der Waals surface area contributed by atoms with Gasteiger partial charge in [0.05, 0.1) is 6.04 Å². The van der Waals surface area contributed by atoms with Crippen LogP contribution in [-0.2, 0) is 19.5 Å². The molecular weight excluding hydrogens is 306 g/mol. The molecule has 0 saturated carbocycles. The Labute approximate surface area is 120 Å². The normalized spacial score (nSPS) is 15.5. The first-order valence-corrected chi connectivity index (χ1v) is 7.28. The molecule has 0 spiro atoms. The van der Waals surface area contributed by atoms with Crippen LogP contribution in [0.25, 0.3) is 0 Å². The lowest BCUT2D eigenvalue weighted by Crippen LogP contribution is -2.21. The van der Waals surface area contributed by atoms with Gasteiger partial charge in [-0.25, -0.2) is 0 Å². The quantitative estimate of drug-likeness (QED) is 0.938. The Morgan fingerprint density at radius 2 is 2.32 bits per heavy atom. The van der Waals surface area contributed by atoms with Gasteiger partial charge in [-0.1, -0.05) is 0 Å². The standard InChI is InChI=1S/C13H16BrN5/c1-9(13-18-17-12-3-2-4-19(12)13)16-7-10-5-11(14)8-15-6-10/h5-6,8-9,16H,2-4,7H2,1H3. The number of fused-ring (bicyclic) bond motifs is 1. The molecule has 5 nitrogen and oxygen atoms in total. The Bertz CT molecular complexity index is 580. The second-order valence-electron chi connectivity index (χ2n) is 4.84. The molecule has 2 aromatic heterocycles. The maximum Gasteiger partial charge on any atom is 0.149 e. The van der Waals surface area contributed by atoms with Gasteiger partial charge in [0.1, 0.15) is 11.6 Å². The van der Waals surface area contributed by atoms with Gasteiger partial charge in [0, 0.05) is 36.4 Å². The number of halogens is 1. The van der Waals surface area contributed by atoms with Gasteiger partial charge in [-0.05, 0) is 40.9 Å². The van der Waals surface area contributed by atoms with Crippen molar-refractivity contribution in [3.05, 3.63) is 40.1 Å². The van der Waals surface area contributed by atoms with E-state index in [2.05, 4.69) is 54.0 Å². The molecule has 2 aromatic rings. The van der Waals surface area contributed by atoms with Gasteiger partial charge in [-0.2, -0.15) is 0 Å². The van der Waals surface area contributed by atoms with Crippen LogP contribution >= 0.6 is 15.9 Å². The Hall–Kier alpha value is -1.27. The molecule has 0 amide bonds. The third-order valence-corrected chi connectivity index (χ3v) is 3.83. The fourth-order valence-corrected chi connectivity index (χ4v) is 2.82. The zero-order chi connectivity index (χ0) is 13.2. The van der Waals surface area contributed by atoms with Crippen molar-refractivity contribution in [3.63, 3.8) is 0 Å². The smallest absolute Gasteiger partial charge is 0.149 e. The molecule has 0 aliphatic carbocycles. The van der Waals surface area contributed by atoms with E-state index >= 15 is 0 Å². The van der Waals surface area contributed by atoms with Crippen molar-refractivity contribution in [2.24, 2.45) is 0 Å². The summed E-state index contributed by atoms with van der Waals surface area (Å²) in [5.41, 5.74) is 1.15. The van der Waals surface area contributed by atoms with E-state index in [-0.39, 0.29) is 6.04 Å². The highest BCUT2D eigenvalue weighted by Gasteiger charge is 2.20. The molecule has 0 fully saturated rings. The van der Waals surface area contributed by atoms with Crippen LogP contribution in [0.15, 0.2) is 22.9 Å². The van der Waals surface area contributed by atoms with Gasteiger partial charge in [-0.15, -0.1) is 10.2 Å². The van der Waals surface area contributed by atoms with Crippen LogP contribution in [0.5, 0.6) is 0 Å². The summed E-state index contributed by atoms with van der Waals surface area (Å²) in [6.07, 6.45) is 5.90. The molecular formula is C13H16BrN5. The average Bonchev–Trinajstić information content (AvgIpc) is 2.98. The van der Waals surface area contributed by atoms with Gasteiger partial charge in [0.25, 0.3) is 0 Å². The highest BCUT2D eigenvalue weighted by atomic mass is 79.9. The van der Waals surface area contributed by atoms with Gasteiger partial charge < -0.3 is 9.88 Å². The summed E-state index contributed by atoms with van der Waals surface area (Å²) in [5.74, 6) is 2.16. The summed E-state index contributed by atoms with van der Waals surface area (Å²) < 4.78 is 3.24. The summed E-state index contributed by atoms with van der Waals surface area (Å²) in [4.78, 5) is 4.16. The Balaban J connectivity index is 1.66. The molecule has 0 saturated heterocycles. The number of pyridine rings is 1. The third-order valence-electron chi connectivity index (χ3n) is 3.40. The Kier molecular flexibility index (Phi) is 3.61. The zero-order valence-corrected chi connectivity index (χ0v) is 12.4. The summed E-state index contributed by atoms with van der Waals surface area (Å²) in [5, 5.41) is 12.0. The van der Waals surface area contributed by atoms with Gasteiger partial charge in [0.2, 0.25) is 0 Å². The molecule has 3 heterocycles. The maximum atomic E-state index is 4.29. The molecule has 19 heavy (non-hydrogen) atoms. The molecule has 1 unspecified atom stereocenters. The van der Waals surface area contributed by atoms with Crippen LogP contribution < -0.4 is 5.32 Å². The number of aromatic nitrogens is 4. The van der Waals surface area contributed by atoms with Crippen molar-refractivity contribution in [1.82, 2.24) is 25.1 Å². The topological polar surface area (TPSA) is 55.6 Å². The zero-order valence-electron chi connectivity index (χ0n) is 10.8. The average molecular weight is 322 g/mol. The van der Waals surface area contributed by atoms with Crippen LogP contribution in [0, 0.1) is 0 Å². The third kappa shape index (κ3) is 2.69.